The molecule has 0 amide bonds. The van der Waals surface area contributed by atoms with Gasteiger partial charge in [0.2, 0.25) is 0 Å². The number of nitrogens with zero attached hydrogens (tertiary/aromatic N) is 5. The molecule has 0 aliphatic carbocycles. The first-order valence-electron chi connectivity index (χ1n) is 8.54. The van der Waals surface area contributed by atoms with E-state index in [1.54, 1.807) is 6.07 Å². The van der Waals surface area contributed by atoms with E-state index < -0.39 is 4.92 Å². The van der Waals surface area contributed by atoms with Crippen LogP contribution in [0.15, 0.2) is 52.7 Å². The van der Waals surface area contributed by atoms with E-state index >= 15 is 0 Å². The van der Waals surface area contributed by atoms with Gasteiger partial charge in [-0.3, -0.25) is 10.1 Å². The van der Waals surface area contributed by atoms with Crippen molar-refractivity contribution < 1.29 is 10.0 Å². The third-order valence-electron chi connectivity index (χ3n) is 3.99. The Kier molecular flexibility index (Phi) is 6.05. The minimum Gasteiger partial charge on any atom is -0.395 e. The van der Waals surface area contributed by atoms with Gasteiger partial charge < -0.3 is 10.0 Å². The van der Waals surface area contributed by atoms with Crippen LogP contribution in [0.2, 0.25) is 0 Å². The van der Waals surface area contributed by atoms with E-state index in [4.69, 9.17) is 0 Å². The second kappa shape index (κ2) is 8.65. The van der Waals surface area contributed by atoms with Crippen molar-refractivity contribution in [2.45, 2.75) is 13.3 Å². The van der Waals surface area contributed by atoms with E-state index in [1.807, 2.05) is 24.3 Å². The molecular formula is C18H19N5O3S. The van der Waals surface area contributed by atoms with Crippen molar-refractivity contribution in [2.24, 2.45) is 10.2 Å². The largest absolute Gasteiger partial charge is 0.395 e. The number of nitro benzene ring substituents is 1. The van der Waals surface area contributed by atoms with Crippen molar-refractivity contribution in [1.29, 1.82) is 0 Å². The minimum atomic E-state index is -0.439. The minimum absolute atomic E-state index is 0.00315. The number of nitro groups is 1. The van der Waals surface area contributed by atoms with Crippen molar-refractivity contribution in [3.8, 4) is 0 Å². The van der Waals surface area contributed by atoms with E-state index in [9.17, 15) is 15.2 Å². The maximum atomic E-state index is 11.0. The predicted molar refractivity (Wildman–Crippen MR) is 106 cm³/mol. The lowest BCUT2D eigenvalue weighted by Gasteiger charge is -2.23. The van der Waals surface area contributed by atoms with E-state index in [2.05, 4.69) is 26.4 Å². The van der Waals surface area contributed by atoms with Crippen LogP contribution in [0.4, 0.5) is 22.1 Å². The maximum Gasteiger partial charge on any atom is 0.270 e. The molecule has 0 aliphatic heterocycles. The number of hydrogen-bond acceptors (Lipinski definition) is 8. The fourth-order valence-corrected chi connectivity index (χ4v) is 3.38. The molecule has 1 N–H and O–H groups in total. The first-order chi connectivity index (χ1) is 13.1. The van der Waals surface area contributed by atoms with Crippen LogP contribution in [0.3, 0.4) is 0 Å². The number of anilines is 1. The highest BCUT2D eigenvalue weighted by atomic mass is 32.1. The van der Waals surface area contributed by atoms with Crippen LogP contribution in [0.25, 0.3) is 10.9 Å². The Balaban J connectivity index is 1.81. The molecular weight excluding hydrogens is 366 g/mol. The van der Waals surface area contributed by atoms with Crippen LogP contribution in [-0.2, 0) is 0 Å². The first kappa shape index (κ1) is 18.9. The Bertz CT molecular complexity index is 949. The highest BCUT2D eigenvalue weighted by molar-refractivity contribution is 7.11. The average Bonchev–Trinajstić information content (AvgIpc) is 3.09. The molecule has 3 rings (SSSR count). The fraction of sp³-hybridized carbons (Fsp3) is 0.278. The van der Waals surface area contributed by atoms with Crippen LogP contribution in [0.1, 0.15) is 13.3 Å². The molecule has 8 nitrogen and oxygen atoms in total. The zero-order valence-corrected chi connectivity index (χ0v) is 15.6. The normalized spacial score (nSPS) is 11.3. The number of benzene rings is 2. The van der Waals surface area contributed by atoms with Gasteiger partial charge in [-0.05, 0) is 48.3 Å². The van der Waals surface area contributed by atoms with E-state index in [0.717, 1.165) is 30.2 Å². The number of rotatable bonds is 8. The molecule has 0 bridgehead atoms. The van der Waals surface area contributed by atoms with Gasteiger partial charge in [-0.2, -0.15) is 4.37 Å². The summed E-state index contributed by atoms with van der Waals surface area (Å²) in [7, 11) is 0. The summed E-state index contributed by atoms with van der Waals surface area (Å²) in [5.74, 6) is 0. The van der Waals surface area contributed by atoms with Gasteiger partial charge in [0.1, 0.15) is 0 Å². The summed E-state index contributed by atoms with van der Waals surface area (Å²) in [4.78, 5) is 12.6. The number of fused-ring (bicyclic) bond motifs is 1. The van der Waals surface area contributed by atoms with Gasteiger partial charge in [-0.1, -0.05) is 6.92 Å². The van der Waals surface area contributed by atoms with Gasteiger partial charge in [0.25, 0.3) is 5.69 Å². The summed E-state index contributed by atoms with van der Waals surface area (Å²) in [6.07, 6.45) is 0.992. The highest BCUT2D eigenvalue weighted by Gasteiger charge is 2.12. The van der Waals surface area contributed by atoms with Gasteiger partial charge in [0, 0.05) is 36.3 Å². The van der Waals surface area contributed by atoms with Gasteiger partial charge in [-0.15, -0.1) is 10.2 Å². The third kappa shape index (κ3) is 4.44. The lowest BCUT2D eigenvalue weighted by molar-refractivity contribution is -0.384. The maximum absolute atomic E-state index is 11.0. The van der Waals surface area contributed by atoms with Crippen LogP contribution in [-0.4, -0.2) is 34.1 Å². The van der Waals surface area contributed by atoms with Crippen molar-refractivity contribution in [3.05, 3.63) is 52.6 Å². The van der Waals surface area contributed by atoms with E-state index in [0.29, 0.717) is 28.1 Å². The summed E-state index contributed by atoms with van der Waals surface area (Å²) in [5.41, 5.74) is 2.35. The van der Waals surface area contributed by atoms with Gasteiger partial charge >= 0.3 is 0 Å². The number of aliphatic hydroxyl groups excluding tert-OH is 1. The quantitative estimate of drug-likeness (QED) is 0.340. The lowest BCUT2D eigenvalue weighted by atomic mass is 10.2. The number of hydrogen-bond donors (Lipinski definition) is 1. The monoisotopic (exact) mass is 385 g/mol. The molecule has 140 valence electrons. The Morgan fingerprint density at radius 3 is 2.63 bits per heavy atom. The van der Waals surface area contributed by atoms with Crippen molar-refractivity contribution in [3.63, 3.8) is 0 Å². The fourth-order valence-electron chi connectivity index (χ4n) is 2.70. The molecule has 1 heterocycles. The molecule has 0 atom stereocenters. The smallest absolute Gasteiger partial charge is 0.270 e. The van der Waals surface area contributed by atoms with Crippen LogP contribution >= 0.6 is 11.5 Å². The molecule has 0 spiro atoms. The van der Waals surface area contributed by atoms with Crippen molar-refractivity contribution >= 4 is 44.5 Å². The standard InChI is InChI=1S/C18H19N5O3S/c1-2-9-22(10-11-24)14-5-3-13(4-6-14)19-20-18-16-12-15(23(25)26)7-8-17(16)21-27-18/h3-8,12,24H,2,9-11H2,1H3. The summed E-state index contributed by atoms with van der Waals surface area (Å²) in [6.45, 7) is 3.65. The predicted octanol–water partition coefficient (Wildman–Crippen LogP) is 4.83. The molecule has 2 aromatic carbocycles. The van der Waals surface area contributed by atoms with Gasteiger partial charge in [0.15, 0.2) is 5.00 Å². The number of azo groups is 1. The molecule has 0 unspecified atom stereocenters. The SMILES string of the molecule is CCCN(CCO)c1ccc(N=Nc2snc3ccc([N+](=O)[O-])cc23)cc1. The Labute approximate surface area is 160 Å². The molecule has 9 heteroatoms. The molecule has 0 saturated carbocycles. The average molecular weight is 385 g/mol. The summed E-state index contributed by atoms with van der Waals surface area (Å²) >= 11 is 1.15. The Morgan fingerprint density at radius 2 is 1.96 bits per heavy atom. The van der Waals surface area contributed by atoms with Gasteiger partial charge in [-0.25, -0.2) is 0 Å². The summed E-state index contributed by atoms with van der Waals surface area (Å²) < 4.78 is 4.24. The number of non-ortho nitro benzene ring substituents is 1. The zero-order chi connectivity index (χ0) is 19.2. The second-order valence-electron chi connectivity index (χ2n) is 5.87. The topological polar surface area (TPSA) is 104 Å². The molecule has 0 aliphatic rings. The van der Waals surface area contributed by atoms with Crippen LogP contribution < -0.4 is 4.90 Å². The van der Waals surface area contributed by atoms with Crippen molar-refractivity contribution in [2.75, 3.05) is 24.6 Å². The molecule has 3 aromatic rings. The lowest BCUT2D eigenvalue weighted by Crippen LogP contribution is -2.27. The molecule has 27 heavy (non-hydrogen) atoms. The number of aliphatic hydroxyl groups is 1. The van der Waals surface area contributed by atoms with E-state index in [1.165, 1.54) is 12.1 Å². The Hall–Kier alpha value is -2.91. The van der Waals surface area contributed by atoms with E-state index in [-0.39, 0.29) is 12.3 Å². The molecule has 1 aromatic heterocycles. The summed E-state index contributed by atoms with van der Waals surface area (Å²) in [6, 6.07) is 12.1. The van der Waals surface area contributed by atoms with Crippen LogP contribution in [0, 0.1) is 10.1 Å². The second-order valence-corrected chi connectivity index (χ2v) is 6.63. The first-order valence-corrected chi connectivity index (χ1v) is 9.31. The van der Waals surface area contributed by atoms with Crippen LogP contribution in [0.5, 0.6) is 0 Å². The highest BCUT2D eigenvalue weighted by Crippen LogP contribution is 2.34. The molecule has 0 fully saturated rings. The number of aromatic nitrogens is 1. The van der Waals surface area contributed by atoms with Gasteiger partial charge in [0.05, 0.1) is 22.7 Å². The molecule has 0 radical (unpaired) electrons. The third-order valence-corrected chi connectivity index (χ3v) is 4.75. The zero-order valence-electron chi connectivity index (χ0n) is 14.8. The van der Waals surface area contributed by atoms with Crippen molar-refractivity contribution in [1.82, 2.24) is 4.37 Å². The summed E-state index contributed by atoms with van der Waals surface area (Å²) in [5, 5.41) is 29.7. The Morgan fingerprint density at radius 1 is 1.19 bits per heavy atom. The molecule has 0 saturated heterocycles.